The number of carboxylic acid groups (broad SMARTS) is 3. The number of halogens is 4. The molecule has 0 bridgehead atoms. The molecule has 4 aromatic heterocycles. The van der Waals surface area contributed by atoms with Crippen molar-refractivity contribution in [2.24, 2.45) is 0 Å². The number of aromatic carboxylic acids is 2. The van der Waals surface area contributed by atoms with Crippen LogP contribution in [-0.4, -0.2) is 53.2 Å². The van der Waals surface area contributed by atoms with Gasteiger partial charge < -0.3 is 29.7 Å². The van der Waals surface area contributed by atoms with Gasteiger partial charge in [-0.15, -0.1) is 5.10 Å². The molecule has 18 heteroatoms. The van der Waals surface area contributed by atoms with E-state index in [0.29, 0.717) is 22.5 Å². The van der Waals surface area contributed by atoms with Crippen molar-refractivity contribution in [3.63, 3.8) is 0 Å². The Morgan fingerprint density at radius 1 is 0.592 bits per heavy atom. The van der Waals surface area contributed by atoms with E-state index in [1.165, 1.54) is 42.9 Å². The molecule has 0 atom stereocenters. The number of carbonyl (C=O) groups excluding carboxylic acids is 3. The van der Waals surface area contributed by atoms with Crippen LogP contribution in [0.2, 0.25) is 0 Å². The molecular formula is C31H16F4IrN7O6. The van der Waals surface area contributed by atoms with Crippen LogP contribution in [0.1, 0.15) is 21.0 Å². The molecule has 0 radical (unpaired) electrons. The minimum Gasteiger partial charge on any atom is -0.543 e. The number of hydrogen-bond donors (Lipinski definition) is 0. The Kier molecular flexibility index (Phi) is 12.9. The van der Waals surface area contributed by atoms with Gasteiger partial charge in [0.2, 0.25) is 5.82 Å². The van der Waals surface area contributed by atoms with E-state index in [1.54, 1.807) is 18.2 Å². The zero-order chi connectivity index (χ0) is 34.8. The van der Waals surface area contributed by atoms with Crippen LogP contribution >= 0.6 is 0 Å². The number of benzene rings is 2. The van der Waals surface area contributed by atoms with Crippen LogP contribution in [0.15, 0.2) is 97.5 Å². The van der Waals surface area contributed by atoms with Crippen LogP contribution in [-0.2, 0) is 20.1 Å². The summed E-state index contributed by atoms with van der Waals surface area (Å²) < 4.78 is 53.0. The van der Waals surface area contributed by atoms with E-state index in [0.717, 1.165) is 24.3 Å². The summed E-state index contributed by atoms with van der Waals surface area (Å²) in [7, 11) is 0. The number of aromatic nitrogens is 7. The maximum atomic E-state index is 13.5. The molecule has 0 saturated heterocycles. The van der Waals surface area contributed by atoms with Gasteiger partial charge in [0.05, 0.1) is 23.3 Å². The summed E-state index contributed by atoms with van der Waals surface area (Å²) in [6.07, 6.45) is 2.55. The summed E-state index contributed by atoms with van der Waals surface area (Å²) in [5.41, 5.74) is -0.315. The Morgan fingerprint density at radius 2 is 1.08 bits per heavy atom. The number of hydrogen-bond acceptors (Lipinski definition) is 12. The van der Waals surface area contributed by atoms with E-state index in [-0.39, 0.29) is 59.6 Å². The summed E-state index contributed by atoms with van der Waals surface area (Å²) >= 11 is 0. The van der Waals surface area contributed by atoms with Gasteiger partial charge in [-0.3, -0.25) is 15.0 Å². The second-order valence-corrected chi connectivity index (χ2v) is 9.02. The van der Waals surface area contributed by atoms with Crippen LogP contribution in [0.4, 0.5) is 22.4 Å². The molecule has 0 unspecified atom stereocenters. The topological polar surface area (TPSA) is 203 Å². The zero-order valence-corrected chi connectivity index (χ0v) is 26.6. The zero-order valence-electron chi connectivity index (χ0n) is 24.2. The molecule has 4 heterocycles. The smallest absolute Gasteiger partial charge is 0.543 e. The van der Waals surface area contributed by atoms with Gasteiger partial charge in [0.1, 0.15) is 29.0 Å². The third-order valence-electron chi connectivity index (χ3n) is 5.98. The van der Waals surface area contributed by atoms with Crippen molar-refractivity contribution in [2.45, 2.75) is 0 Å². The molecule has 6 aromatic rings. The Morgan fingerprint density at radius 3 is 1.49 bits per heavy atom. The van der Waals surface area contributed by atoms with Gasteiger partial charge >= 0.3 is 20.1 Å². The molecule has 6 rings (SSSR count). The van der Waals surface area contributed by atoms with Crippen molar-refractivity contribution in [1.82, 2.24) is 35.2 Å². The average Bonchev–Trinajstić information content (AvgIpc) is 3.57. The van der Waals surface area contributed by atoms with E-state index in [1.807, 2.05) is 0 Å². The quantitative estimate of drug-likeness (QED) is 0.180. The van der Waals surface area contributed by atoms with E-state index in [2.05, 4.69) is 30.5 Å². The van der Waals surface area contributed by atoms with Gasteiger partial charge in [0, 0.05) is 53.0 Å². The second kappa shape index (κ2) is 17.1. The Balaban J connectivity index is 0.000000198. The first-order valence-electron chi connectivity index (χ1n) is 13.1. The molecule has 0 aliphatic carbocycles. The first-order valence-corrected chi connectivity index (χ1v) is 13.1. The Bertz CT molecular complexity index is 2000. The largest absolute Gasteiger partial charge is 3.00 e. The summed E-state index contributed by atoms with van der Waals surface area (Å²) in [5, 5.41) is 42.1. The summed E-state index contributed by atoms with van der Waals surface area (Å²) in [5.74, 6) is -6.13. The van der Waals surface area contributed by atoms with Crippen LogP contribution in [0, 0.1) is 23.3 Å². The van der Waals surface area contributed by atoms with Crippen molar-refractivity contribution < 1.29 is 67.4 Å². The predicted octanol–water partition coefficient (Wildman–Crippen LogP) is 1.70. The monoisotopic (exact) mass is 851 g/mol. The molecule has 0 aliphatic rings. The Hall–Kier alpha value is -6.26. The number of pyridine rings is 3. The molecule has 2 aromatic carbocycles. The van der Waals surface area contributed by atoms with Crippen LogP contribution < -0.4 is 15.3 Å². The molecule has 0 fully saturated rings. The van der Waals surface area contributed by atoms with Crippen molar-refractivity contribution in [2.75, 3.05) is 0 Å². The number of nitrogens with zero attached hydrogens (tertiary/aromatic N) is 7. The van der Waals surface area contributed by atoms with Crippen LogP contribution in [0.25, 0.3) is 33.8 Å². The first kappa shape index (κ1) is 37.2. The van der Waals surface area contributed by atoms with E-state index < -0.39 is 41.3 Å². The van der Waals surface area contributed by atoms with Gasteiger partial charge in [-0.1, -0.05) is 18.2 Å². The SMILES string of the molecule is O=C([O-])c1ncccc1-c1ccc(F)cc1F.O=C([O-])c1ncccc1-c1ccc(F)cc1F.O=C([O-])n1nnnc1-c1ccccn1.[Ir+3]. The van der Waals surface area contributed by atoms with Crippen LogP contribution in [0.5, 0.6) is 0 Å². The average molecular weight is 851 g/mol. The fourth-order valence-electron chi connectivity index (χ4n) is 3.95. The fraction of sp³-hybridized carbons (Fsp3) is 0. The van der Waals surface area contributed by atoms with Gasteiger partial charge in [-0.25, -0.2) is 17.6 Å². The summed E-state index contributed by atoms with van der Waals surface area (Å²) in [6.45, 7) is 0. The number of carboxylic acids is 2. The van der Waals surface area contributed by atoms with Gasteiger partial charge in [0.25, 0.3) is 0 Å². The van der Waals surface area contributed by atoms with Crippen molar-refractivity contribution in [3.05, 3.63) is 132 Å². The maximum Gasteiger partial charge on any atom is 3.00 e. The number of carbonyl (C=O) groups is 3. The number of tetrazole rings is 1. The van der Waals surface area contributed by atoms with Gasteiger partial charge in [0.15, 0.2) is 6.09 Å². The van der Waals surface area contributed by atoms with E-state index in [4.69, 9.17) is 0 Å². The maximum absolute atomic E-state index is 13.5. The third kappa shape index (κ3) is 9.40. The minimum absolute atomic E-state index is 0. The first-order chi connectivity index (χ1) is 23.0. The van der Waals surface area contributed by atoms with Crippen molar-refractivity contribution in [1.29, 1.82) is 0 Å². The minimum atomic E-state index is -1.51. The summed E-state index contributed by atoms with van der Waals surface area (Å²) in [4.78, 5) is 43.2. The standard InChI is InChI=1S/2C12H7F2NO2.C7H5N5O2.Ir/c2*13-7-3-4-8(10(14)6-7)9-2-1-5-15-11(9)12(16)17;13-7(14)12-6(9-10-11-12)5-3-1-2-4-8-5;/h2*1-6H,(H,16,17);1-4H,(H,13,14);/q;;;+3/p-3. The fourth-order valence-corrected chi connectivity index (χ4v) is 3.95. The molecule has 0 saturated carbocycles. The third-order valence-corrected chi connectivity index (χ3v) is 5.98. The molecular weight excluding hydrogens is 835 g/mol. The molecule has 49 heavy (non-hydrogen) atoms. The second-order valence-electron chi connectivity index (χ2n) is 9.02. The van der Waals surface area contributed by atoms with Gasteiger partial charge in [-0.05, 0) is 59.0 Å². The molecule has 13 nitrogen and oxygen atoms in total. The van der Waals surface area contributed by atoms with E-state index in [9.17, 15) is 47.3 Å². The normalized spacial score (nSPS) is 9.96. The molecule has 0 spiro atoms. The van der Waals surface area contributed by atoms with Crippen molar-refractivity contribution >= 4 is 18.0 Å². The van der Waals surface area contributed by atoms with Gasteiger partial charge in [-0.2, -0.15) is 4.68 Å². The molecule has 0 amide bonds. The predicted molar refractivity (Wildman–Crippen MR) is 150 cm³/mol. The van der Waals surface area contributed by atoms with Crippen LogP contribution in [0.3, 0.4) is 0 Å². The molecule has 0 N–H and O–H groups in total. The summed E-state index contributed by atoms with van der Waals surface area (Å²) in [6, 6.07) is 16.5. The molecule has 0 aliphatic heterocycles. The molecule has 248 valence electrons. The Labute approximate surface area is 285 Å². The number of rotatable bonds is 5. The van der Waals surface area contributed by atoms with E-state index >= 15 is 0 Å². The van der Waals surface area contributed by atoms with Crippen molar-refractivity contribution in [3.8, 4) is 33.8 Å².